The number of carbonyl (C=O) groups is 1. The van der Waals surface area contributed by atoms with Crippen molar-refractivity contribution in [1.82, 2.24) is 30.4 Å². The molecule has 1 aliphatic heterocycles. The smallest absolute Gasteiger partial charge is 0.230 e. The lowest BCUT2D eigenvalue weighted by Gasteiger charge is -2.16. The Morgan fingerprint density at radius 3 is 2.83 bits per heavy atom. The Morgan fingerprint density at radius 1 is 1.20 bits per heavy atom. The SMILES string of the molecule is COc1ccccc1-n1nnnc1SCC(=O)N[C@H]1CCN(Cc2ccccc2)C1. The van der Waals surface area contributed by atoms with Gasteiger partial charge in [-0.2, -0.15) is 4.68 Å². The predicted molar refractivity (Wildman–Crippen MR) is 115 cm³/mol. The molecule has 0 aliphatic carbocycles. The summed E-state index contributed by atoms with van der Waals surface area (Å²) in [6.45, 7) is 2.76. The number of hydrogen-bond donors (Lipinski definition) is 1. The Kier molecular flexibility index (Phi) is 6.60. The van der Waals surface area contributed by atoms with Gasteiger partial charge in [-0.3, -0.25) is 9.69 Å². The number of para-hydroxylation sites is 2. The first-order valence-corrected chi connectivity index (χ1v) is 10.8. The Bertz CT molecular complexity index is 980. The van der Waals surface area contributed by atoms with Crippen LogP contribution in [-0.4, -0.2) is 63.0 Å². The first-order chi connectivity index (χ1) is 14.7. The zero-order valence-corrected chi connectivity index (χ0v) is 17.6. The third-order valence-electron chi connectivity index (χ3n) is 4.97. The Hall–Kier alpha value is -2.91. The average molecular weight is 425 g/mol. The molecule has 1 N–H and O–H groups in total. The van der Waals surface area contributed by atoms with Gasteiger partial charge in [-0.05, 0) is 34.5 Å². The average Bonchev–Trinajstić information content (AvgIpc) is 3.42. The van der Waals surface area contributed by atoms with Crippen LogP contribution < -0.4 is 10.1 Å². The molecule has 2 heterocycles. The van der Waals surface area contributed by atoms with E-state index in [4.69, 9.17) is 4.74 Å². The number of thioether (sulfide) groups is 1. The van der Waals surface area contributed by atoms with Crippen molar-refractivity contribution in [3.05, 3.63) is 60.2 Å². The van der Waals surface area contributed by atoms with Gasteiger partial charge in [-0.25, -0.2) is 0 Å². The maximum Gasteiger partial charge on any atom is 0.230 e. The van der Waals surface area contributed by atoms with Gasteiger partial charge < -0.3 is 10.1 Å². The van der Waals surface area contributed by atoms with E-state index in [9.17, 15) is 4.79 Å². The number of tetrazole rings is 1. The van der Waals surface area contributed by atoms with Crippen molar-refractivity contribution in [2.75, 3.05) is 26.0 Å². The molecule has 1 aromatic heterocycles. The molecule has 4 rings (SSSR count). The highest BCUT2D eigenvalue weighted by molar-refractivity contribution is 7.99. The number of likely N-dealkylation sites (tertiary alicyclic amines) is 1. The fraction of sp³-hybridized carbons (Fsp3) is 0.333. The molecule has 3 aromatic rings. The maximum atomic E-state index is 12.5. The minimum Gasteiger partial charge on any atom is -0.494 e. The van der Waals surface area contributed by atoms with Gasteiger partial charge in [0.2, 0.25) is 11.1 Å². The van der Waals surface area contributed by atoms with Crippen LogP contribution in [0.1, 0.15) is 12.0 Å². The molecule has 1 amide bonds. The van der Waals surface area contributed by atoms with Gasteiger partial charge in [0, 0.05) is 25.7 Å². The molecule has 9 heteroatoms. The van der Waals surface area contributed by atoms with Crippen molar-refractivity contribution >= 4 is 17.7 Å². The molecule has 1 fully saturated rings. The molecule has 1 aliphatic rings. The van der Waals surface area contributed by atoms with Gasteiger partial charge in [0.25, 0.3) is 0 Å². The van der Waals surface area contributed by atoms with Gasteiger partial charge in [-0.1, -0.05) is 54.2 Å². The Morgan fingerprint density at radius 2 is 2.00 bits per heavy atom. The van der Waals surface area contributed by atoms with Crippen molar-refractivity contribution in [2.45, 2.75) is 24.2 Å². The van der Waals surface area contributed by atoms with E-state index in [1.165, 1.54) is 17.3 Å². The molecule has 0 spiro atoms. The van der Waals surface area contributed by atoms with Crippen molar-refractivity contribution in [3.8, 4) is 11.4 Å². The summed E-state index contributed by atoms with van der Waals surface area (Å²) in [6, 6.07) is 18.1. The zero-order chi connectivity index (χ0) is 20.8. The van der Waals surface area contributed by atoms with Crippen LogP contribution in [0.15, 0.2) is 59.8 Å². The second kappa shape index (κ2) is 9.73. The molecule has 8 nitrogen and oxygen atoms in total. The summed E-state index contributed by atoms with van der Waals surface area (Å²) in [5.74, 6) is 0.909. The first kappa shape index (κ1) is 20.4. The summed E-state index contributed by atoms with van der Waals surface area (Å²) in [4.78, 5) is 14.8. The van der Waals surface area contributed by atoms with Gasteiger partial charge in [-0.15, -0.1) is 5.10 Å². The summed E-state index contributed by atoms with van der Waals surface area (Å²) < 4.78 is 6.97. The number of nitrogens with zero attached hydrogens (tertiary/aromatic N) is 5. The zero-order valence-electron chi connectivity index (χ0n) is 16.8. The number of ether oxygens (including phenoxy) is 1. The maximum absolute atomic E-state index is 12.5. The molecule has 0 saturated carbocycles. The summed E-state index contributed by atoms with van der Waals surface area (Å²) in [5.41, 5.74) is 2.03. The summed E-state index contributed by atoms with van der Waals surface area (Å²) >= 11 is 1.31. The van der Waals surface area contributed by atoms with Crippen molar-refractivity contribution in [1.29, 1.82) is 0 Å². The first-order valence-electron chi connectivity index (χ1n) is 9.83. The van der Waals surface area contributed by atoms with Gasteiger partial charge in [0.05, 0.1) is 12.9 Å². The number of carbonyl (C=O) groups excluding carboxylic acids is 1. The lowest BCUT2D eigenvalue weighted by Crippen LogP contribution is -2.38. The van der Waals surface area contributed by atoms with E-state index in [1.54, 1.807) is 11.8 Å². The second-order valence-corrected chi connectivity index (χ2v) is 8.05. The molecule has 0 radical (unpaired) electrons. The van der Waals surface area contributed by atoms with E-state index >= 15 is 0 Å². The lowest BCUT2D eigenvalue weighted by atomic mass is 10.2. The van der Waals surface area contributed by atoms with Crippen LogP contribution >= 0.6 is 11.8 Å². The highest BCUT2D eigenvalue weighted by Crippen LogP contribution is 2.25. The summed E-state index contributed by atoms with van der Waals surface area (Å²) in [5, 5.41) is 15.5. The van der Waals surface area contributed by atoms with Crippen LogP contribution in [0.5, 0.6) is 5.75 Å². The molecule has 1 atom stereocenters. The number of benzene rings is 2. The van der Waals surface area contributed by atoms with Crippen molar-refractivity contribution in [3.63, 3.8) is 0 Å². The Balaban J connectivity index is 1.29. The monoisotopic (exact) mass is 424 g/mol. The number of nitrogens with one attached hydrogen (secondary N) is 1. The summed E-state index contributed by atoms with van der Waals surface area (Å²) in [6.07, 6.45) is 0.961. The van der Waals surface area contributed by atoms with E-state index in [0.717, 1.165) is 31.7 Å². The fourth-order valence-corrected chi connectivity index (χ4v) is 4.25. The predicted octanol–water partition coefficient (Wildman–Crippen LogP) is 2.15. The molecule has 156 valence electrons. The van der Waals surface area contributed by atoms with Gasteiger partial charge in [0.1, 0.15) is 11.4 Å². The van der Waals surface area contributed by atoms with E-state index in [-0.39, 0.29) is 17.7 Å². The number of methoxy groups -OCH3 is 1. The Labute approximate surface area is 179 Å². The second-order valence-electron chi connectivity index (χ2n) is 7.11. The van der Waals surface area contributed by atoms with Crippen molar-refractivity contribution in [2.24, 2.45) is 0 Å². The van der Waals surface area contributed by atoms with Crippen LogP contribution in [0.25, 0.3) is 5.69 Å². The van der Waals surface area contributed by atoms with Crippen LogP contribution in [0.3, 0.4) is 0 Å². The van der Waals surface area contributed by atoms with Crippen LogP contribution in [0, 0.1) is 0 Å². The molecular formula is C21H24N6O2S. The largest absolute Gasteiger partial charge is 0.494 e. The fourth-order valence-electron chi connectivity index (χ4n) is 3.56. The minimum atomic E-state index is -0.0128. The molecule has 1 saturated heterocycles. The lowest BCUT2D eigenvalue weighted by molar-refractivity contribution is -0.119. The van der Waals surface area contributed by atoms with Gasteiger partial charge >= 0.3 is 0 Å². The van der Waals surface area contributed by atoms with E-state index in [2.05, 4.69) is 50.0 Å². The van der Waals surface area contributed by atoms with Gasteiger partial charge in [0.15, 0.2) is 0 Å². The van der Waals surface area contributed by atoms with E-state index in [1.807, 2.05) is 30.3 Å². The standard InChI is InChI=1S/C21H24N6O2S/c1-29-19-10-6-5-9-18(19)27-21(23-24-25-27)30-15-20(28)22-17-11-12-26(14-17)13-16-7-3-2-4-8-16/h2-10,17H,11-15H2,1H3,(H,22,28)/t17-/m0/s1. The number of hydrogen-bond acceptors (Lipinski definition) is 7. The third-order valence-corrected chi connectivity index (χ3v) is 5.89. The molecule has 0 unspecified atom stereocenters. The van der Waals surface area contributed by atoms with Crippen LogP contribution in [0.4, 0.5) is 0 Å². The van der Waals surface area contributed by atoms with E-state index < -0.39 is 0 Å². The molecule has 0 bridgehead atoms. The third kappa shape index (κ3) is 4.98. The van der Waals surface area contributed by atoms with Crippen LogP contribution in [0.2, 0.25) is 0 Å². The number of amides is 1. The minimum absolute atomic E-state index is 0.0128. The normalized spacial score (nSPS) is 16.5. The number of rotatable bonds is 8. The highest BCUT2D eigenvalue weighted by atomic mass is 32.2. The number of aromatic nitrogens is 4. The summed E-state index contributed by atoms with van der Waals surface area (Å²) in [7, 11) is 1.60. The topological polar surface area (TPSA) is 85.2 Å². The quantitative estimate of drug-likeness (QED) is 0.555. The molecule has 30 heavy (non-hydrogen) atoms. The highest BCUT2D eigenvalue weighted by Gasteiger charge is 2.24. The van der Waals surface area contributed by atoms with E-state index in [0.29, 0.717) is 10.9 Å². The van der Waals surface area contributed by atoms with Crippen LogP contribution in [-0.2, 0) is 11.3 Å². The van der Waals surface area contributed by atoms with Crippen molar-refractivity contribution < 1.29 is 9.53 Å². The molecular weight excluding hydrogens is 400 g/mol. The molecule has 2 aromatic carbocycles.